The Morgan fingerprint density at radius 1 is 0.818 bits per heavy atom. The first-order valence-electron chi connectivity index (χ1n) is 8.11. The fraction of sp³-hybridized carbons (Fsp3) is 0.273. The van der Waals surface area contributed by atoms with E-state index >= 15 is 0 Å². The molecule has 1 aliphatic carbocycles. The highest BCUT2D eigenvalue weighted by atomic mass is 14.1. The topological polar surface area (TPSA) is 0 Å². The Bertz CT molecular complexity index is 749. The largest absolute Gasteiger partial charge is 0.0807 e. The summed E-state index contributed by atoms with van der Waals surface area (Å²) in [4.78, 5) is 0. The molecule has 0 amide bonds. The molecule has 0 fully saturated rings. The smallest absolute Gasteiger partial charge is 0.0255 e. The van der Waals surface area contributed by atoms with E-state index in [1.54, 1.807) is 0 Å². The second kappa shape index (κ2) is 6.67. The van der Waals surface area contributed by atoms with Gasteiger partial charge in [0.05, 0.1) is 0 Å². The Kier molecular flexibility index (Phi) is 4.45. The molecule has 0 nitrogen and oxygen atoms in total. The zero-order chi connectivity index (χ0) is 15.4. The van der Waals surface area contributed by atoms with Crippen LogP contribution in [0, 0.1) is 25.7 Å². The van der Waals surface area contributed by atoms with E-state index in [1.807, 2.05) is 0 Å². The molecule has 0 aliphatic heterocycles. The van der Waals surface area contributed by atoms with Crippen molar-refractivity contribution in [2.45, 2.75) is 39.5 Å². The molecular formula is C22H22. The standard InChI is InChI=1S/C22H22/c1-17-8-11-19(12-9-17)14-15-20-13-10-18(2)22(16-20)21-6-4-3-5-7-21/h6,8-13,16H,3-5,7H2,1-2H3. The number of hydrogen-bond acceptors (Lipinski definition) is 0. The molecule has 3 rings (SSSR count). The average Bonchev–Trinajstić information content (AvgIpc) is 2.56. The van der Waals surface area contributed by atoms with Gasteiger partial charge >= 0.3 is 0 Å². The molecule has 0 N–H and O–H groups in total. The quantitative estimate of drug-likeness (QED) is 0.593. The van der Waals surface area contributed by atoms with Gasteiger partial charge in [0.1, 0.15) is 0 Å². The van der Waals surface area contributed by atoms with Gasteiger partial charge in [0.15, 0.2) is 0 Å². The lowest BCUT2D eigenvalue weighted by atomic mass is 9.90. The summed E-state index contributed by atoms with van der Waals surface area (Å²) in [6, 6.07) is 15.0. The summed E-state index contributed by atoms with van der Waals surface area (Å²) in [6.07, 6.45) is 7.47. The molecule has 1 aliphatic rings. The van der Waals surface area contributed by atoms with E-state index in [4.69, 9.17) is 0 Å². The first-order chi connectivity index (χ1) is 10.7. The molecule has 0 heteroatoms. The van der Waals surface area contributed by atoms with E-state index in [0.29, 0.717) is 0 Å². The zero-order valence-electron chi connectivity index (χ0n) is 13.4. The van der Waals surface area contributed by atoms with Gasteiger partial charge in [-0.2, -0.15) is 0 Å². The minimum absolute atomic E-state index is 1.07. The van der Waals surface area contributed by atoms with Crippen LogP contribution in [0.15, 0.2) is 48.5 Å². The molecule has 2 aromatic rings. The highest BCUT2D eigenvalue weighted by molar-refractivity contribution is 5.70. The van der Waals surface area contributed by atoms with Gasteiger partial charge in [-0.1, -0.05) is 41.7 Å². The molecule has 0 saturated carbocycles. The highest BCUT2D eigenvalue weighted by Crippen LogP contribution is 2.29. The summed E-state index contributed by atoms with van der Waals surface area (Å²) < 4.78 is 0. The zero-order valence-corrected chi connectivity index (χ0v) is 13.4. The lowest BCUT2D eigenvalue weighted by Crippen LogP contribution is -1.95. The second-order valence-corrected chi connectivity index (χ2v) is 6.12. The van der Waals surface area contributed by atoms with Crippen LogP contribution in [0.3, 0.4) is 0 Å². The summed E-state index contributed by atoms with van der Waals surface area (Å²) in [5, 5.41) is 0. The van der Waals surface area contributed by atoms with E-state index < -0.39 is 0 Å². The minimum atomic E-state index is 1.07. The fourth-order valence-electron chi connectivity index (χ4n) is 2.91. The molecule has 0 bridgehead atoms. The molecule has 22 heavy (non-hydrogen) atoms. The van der Waals surface area contributed by atoms with Gasteiger partial charge in [0.2, 0.25) is 0 Å². The van der Waals surface area contributed by atoms with Crippen molar-refractivity contribution in [1.29, 1.82) is 0 Å². The maximum atomic E-state index is 3.31. The Labute approximate surface area is 133 Å². The number of rotatable bonds is 1. The average molecular weight is 286 g/mol. The van der Waals surface area contributed by atoms with E-state index in [0.717, 1.165) is 11.1 Å². The van der Waals surface area contributed by atoms with Crippen molar-refractivity contribution in [3.8, 4) is 11.8 Å². The molecular weight excluding hydrogens is 264 g/mol. The second-order valence-electron chi connectivity index (χ2n) is 6.12. The van der Waals surface area contributed by atoms with Crippen LogP contribution in [0.1, 0.15) is 53.5 Å². The van der Waals surface area contributed by atoms with Gasteiger partial charge in [0, 0.05) is 11.1 Å². The minimum Gasteiger partial charge on any atom is -0.0807 e. The van der Waals surface area contributed by atoms with Crippen LogP contribution < -0.4 is 0 Å². The van der Waals surface area contributed by atoms with Crippen LogP contribution in [-0.4, -0.2) is 0 Å². The Hall–Kier alpha value is -2.26. The predicted octanol–water partition coefficient (Wildman–Crippen LogP) is 5.66. The normalized spacial score (nSPS) is 14.0. The third kappa shape index (κ3) is 3.49. The van der Waals surface area contributed by atoms with Crippen LogP contribution >= 0.6 is 0 Å². The van der Waals surface area contributed by atoms with Gasteiger partial charge in [-0.3, -0.25) is 0 Å². The third-order valence-corrected chi connectivity index (χ3v) is 4.28. The van der Waals surface area contributed by atoms with E-state index in [1.165, 1.54) is 47.9 Å². The van der Waals surface area contributed by atoms with Crippen molar-refractivity contribution in [2.24, 2.45) is 0 Å². The lowest BCUT2D eigenvalue weighted by molar-refractivity contribution is 0.741. The summed E-state index contributed by atoms with van der Waals surface area (Å²) in [5.74, 6) is 6.58. The summed E-state index contributed by atoms with van der Waals surface area (Å²) in [5.41, 5.74) is 7.69. The van der Waals surface area contributed by atoms with Crippen molar-refractivity contribution in [3.63, 3.8) is 0 Å². The van der Waals surface area contributed by atoms with Crippen molar-refractivity contribution in [2.75, 3.05) is 0 Å². The highest BCUT2D eigenvalue weighted by Gasteiger charge is 2.09. The number of benzene rings is 2. The first kappa shape index (κ1) is 14.7. The predicted molar refractivity (Wildman–Crippen MR) is 94.8 cm³/mol. The van der Waals surface area contributed by atoms with E-state index in [2.05, 4.69) is 74.2 Å². The van der Waals surface area contributed by atoms with Crippen LogP contribution in [0.5, 0.6) is 0 Å². The van der Waals surface area contributed by atoms with Crippen molar-refractivity contribution < 1.29 is 0 Å². The number of aryl methyl sites for hydroxylation is 2. The Morgan fingerprint density at radius 2 is 1.55 bits per heavy atom. The molecule has 0 atom stereocenters. The molecule has 0 aromatic heterocycles. The van der Waals surface area contributed by atoms with Gasteiger partial charge in [0.25, 0.3) is 0 Å². The van der Waals surface area contributed by atoms with Crippen molar-refractivity contribution >= 4 is 5.57 Å². The molecule has 110 valence electrons. The van der Waals surface area contributed by atoms with Gasteiger partial charge < -0.3 is 0 Å². The van der Waals surface area contributed by atoms with Gasteiger partial charge in [-0.15, -0.1) is 0 Å². The number of allylic oxidation sites excluding steroid dienone is 2. The van der Waals surface area contributed by atoms with Crippen LogP contribution in [0.2, 0.25) is 0 Å². The molecule has 0 saturated heterocycles. The maximum Gasteiger partial charge on any atom is 0.0255 e. The lowest BCUT2D eigenvalue weighted by Gasteiger charge is -2.15. The fourth-order valence-corrected chi connectivity index (χ4v) is 2.91. The SMILES string of the molecule is Cc1ccc(C#Cc2ccc(C)c(C3=CCCCC3)c2)cc1. The molecule has 0 radical (unpaired) electrons. The summed E-state index contributed by atoms with van der Waals surface area (Å²) >= 11 is 0. The van der Waals surface area contributed by atoms with Crippen LogP contribution in [0.25, 0.3) is 5.57 Å². The molecule has 0 heterocycles. The van der Waals surface area contributed by atoms with Gasteiger partial charge in [-0.05, 0) is 80.5 Å². The van der Waals surface area contributed by atoms with Crippen LogP contribution in [0.4, 0.5) is 0 Å². The van der Waals surface area contributed by atoms with E-state index in [9.17, 15) is 0 Å². The molecule has 2 aromatic carbocycles. The summed E-state index contributed by atoms with van der Waals surface area (Å²) in [7, 11) is 0. The van der Waals surface area contributed by atoms with Gasteiger partial charge in [-0.25, -0.2) is 0 Å². The molecule has 0 unspecified atom stereocenters. The maximum absolute atomic E-state index is 3.31. The van der Waals surface area contributed by atoms with Crippen molar-refractivity contribution in [3.05, 3.63) is 76.4 Å². The Morgan fingerprint density at radius 3 is 2.27 bits per heavy atom. The first-order valence-corrected chi connectivity index (χ1v) is 8.11. The van der Waals surface area contributed by atoms with Crippen molar-refractivity contribution in [1.82, 2.24) is 0 Å². The number of hydrogen-bond donors (Lipinski definition) is 0. The van der Waals surface area contributed by atoms with Crippen LogP contribution in [-0.2, 0) is 0 Å². The third-order valence-electron chi connectivity index (χ3n) is 4.28. The Balaban J connectivity index is 1.89. The molecule has 0 spiro atoms. The van der Waals surface area contributed by atoms with E-state index in [-0.39, 0.29) is 0 Å². The summed E-state index contributed by atoms with van der Waals surface area (Å²) in [6.45, 7) is 4.29. The monoisotopic (exact) mass is 286 g/mol.